The fourth-order valence-electron chi connectivity index (χ4n) is 3.51. The van der Waals surface area contributed by atoms with Gasteiger partial charge in [-0.15, -0.1) is 0 Å². The molecule has 0 aliphatic heterocycles. The Bertz CT molecular complexity index is 1030. The van der Waals surface area contributed by atoms with Crippen LogP contribution in [0.4, 0.5) is 5.82 Å². The van der Waals surface area contributed by atoms with Gasteiger partial charge in [0.05, 0.1) is 17.7 Å². The van der Waals surface area contributed by atoms with Crippen molar-refractivity contribution in [3.05, 3.63) is 42.6 Å². The van der Waals surface area contributed by atoms with E-state index in [1.165, 1.54) is 0 Å². The molecule has 0 atom stereocenters. The van der Waals surface area contributed by atoms with Gasteiger partial charge in [0.15, 0.2) is 5.82 Å². The van der Waals surface area contributed by atoms with Gasteiger partial charge >= 0.3 is 0 Å². The van der Waals surface area contributed by atoms with Crippen LogP contribution >= 0.6 is 0 Å². The van der Waals surface area contributed by atoms with E-state index in [9.17, 15) is 8.42 Å². The Labute approximate surface area is 158 Å². The summed E-state index contributed by atoms with van der Waals surface area (Å²) in [6.45, 7) is 0. The summed E-state index contributed by atoms with van der Waals surface area (Å²) in [6, 6.07) is 12.1. The van der Waals surface area contributed by atoms with Gasteiger partial charge in [-0.25, -0.2) is 9.97 Å². The van der Waals surface area contributed by atoms with Crippen molar-refractivity contribution in [2.75, 3.05) is 11.6 Å². The highest BCUT2D eigenvalue weighted by molar-refractivity contribution is 7.86. The Hall–Kier alpha value is -2.45. The molecule has 1 aliphatic carbocycles. The highest BCUT2D eigenvalue weighted by Crippen LogP contribution is 2.29. The number of hydrogen-bond donors (Lipinski definition) is 2. The second-order valence-electron chi connectivity index (χ2n) is 6.92. The number of nitrogens with zero attached hydrogens (tertiary/aromatic N) is 2. The molecule has 4 rings (SSSR count). The third-order valence-electron chi connectivity index (χ3n) is 4.77. The van der Waals surface area contributed by atoms with Crippen molar-refractivity contribution in [1.82, 2.24) is 15.0 Å². The molecule has 0 saturated heterocycles. The molecule has 0 radical (unpaired) electrons. The lowest BCUT2D eigenvalue weighted by atomic mass is 9.93. The zero-order valence-electron chi connectivity index (χ0n) is 15.1. The lowest BCUT2D eigenvalue weighted by Gasteiger charge is -2.28. The lowest BCUT2D eigenvalue weighted by molar-refractivity contribution is 0.158. The molecule has 3 aromatic rings. The number of fused-ring (bicyclic) bond motifs is 1. The van der Waals surface area contributed by atoms with Crippen molar-refractivity contribution in [3.8, 4) is 11.4 Å². The molecular weight excluding hydrogens is 364 g/mol. The zero-order chi connectivity index (χ0) is 18.9. The van der Waals surface area contributed by atoms with Gasteiger partial charge in [0.2, 0.25) is 0 Å². The van der Waals surface area contributed by atoms with Crippen LogP contribution in [0, 0.1) is 0 Å². The Kier molecular flexibility index (Phi) is 4.84. The van der Waals surface area contributed by atoms with E-state index in [0.29, 0.717) is 18.7 Å². The van der Waals surface area contributed by atoms with E-state index in [1.54, 1.807) is 0 Å². The molecule has 8 heteroatoms. The molecule has 2 N–H and O–H groups in total. The Morgan fingerprint density at radius 1 is 1.07 bits per heavy atom. The van der Waals surface area contributed by atoms with Crippen molar-refractivity contribution in [2.45, 2.75) is 37.8 Å². The van der Waals surface area contributed by atoms with E-state index in [4.69, 9.17) is 9.17 Å². The number of nitrogens with one attached hydrogen (secondary N) is 2. The minimum Gasteiger partial charge on any atom is -0.367 e. The standard InChI is InChI=1S/C19H22N4O3S/c1-27(24,25)26-15-9-7-14(8-10-15)21-19-16-11-12-20-18(16)22-17(23-19)13-5-3-2-4-6-13/h2-6,11-12,14-15H,7-10H2,1H3,(H2,20,21,22,23)/t14-,15-. The monoisotopic (exact) mass is 386 g/mol. The molecule has 1 saturated carbocycles. The first-order valence-corrected chi connectivity index (χ1v) is 10.8. The third-order valence-corrected chi connectivity index (χ3v) is 5.40. The van der Waals surface area contributed by atoms with Crippen LogP contribution in [-0.2, 0) is 14.3 Å². The summed E-state index contributed by atoms with van der Waals surface area (Å²) >= 11 is 0. The van der Waals surface area contributed by atoms with Gasteiger partial charge < -0.3 is 10.3 Å². The zero-order valence-corrected chi connectivity index (χ0v) is 15.9. The average Bonchev–Trinajstić information content (AvgIpc) is 3.12. The molecule has 0 amide bonds. The van der Waals surface area contributed by atoms with Gasteiger partial charge in [-0.2, -0.15) is 8.42 Å². The molecule has 0 spiro atoms. The maximum atomic E-state index is 11.3. The van der Waals surface area contributed by atoms with E-state index in [1.807, 2.05) is 42.6 Å². The van der Waals surface area contributed by atoms with Crippen LogP contribution in [0.15, 0.2) is 42.6 Å². The Morgan fingerprint density at radius 2 is 1.81 bits per heavy atom. The largest absolute Gasteiger partial charge is 0.367 e. The highest BCUT2D eigenvalue weighted by Gasteiger charge is 2.25. The third kappa shape index (κ3) is 4.28. The number of aromatic amines is 1. The van der Waals surface area contributed by atoms with Crippen LogP contribution in [0.3, 0.4) is 0 Å². The van der Waals surface area contributed by atoms with Crippen molar-refractivity contribution in [3.63, 3.8) is 0 Å². The van der Waals surface area contributed by atoms with Crippen LogP contribution in [0.1, 0.15) is 25.7 Å². The number of rotatable bonds is 5. The molecule has 1 aromatic carbocycles. The van der Waals surface area contributed by atoms with Gasteiger partial charge in [-0.3, -0.25) is 4.18 Å². The van der Waals surface area contributed by atoms with Crippen LogP contribution in [-0.4, -0.2) is 41.8 Å². The molecule has 1 fully saturated rings. The summed E-state index contributed by atoms with van der Waals surface area (Å²) in [5.74, 6) is 1.47. The maximum Gasteiger partial charge on any atom is 0.264 e. The van der Waals surface area contributed by atoms with Crippen LogP contribution in [0.5, 0.6) is 0 Å². The number of H-pyrrole nitrogens is 1. The van der Waals surface area contributed by atoms with Crippen molar-refractivity contribution >= 4 is 27.0 Å². The van der Waals surface area contributed by atoms with E-state index < -0.39 is 10.1 Å². The first kappa shape index (κ1) is 17.9. The summed E-state index contributed by atoms with van der Waals surface area (Å²) in [6.07, 6.45) is 5.81. The smallest absolute Gasteiger partial charge is 0.264 e. The van der Waals surface area contributed by atoms with E-state index in [0.717, 1.165) is 41.5 Å². The molecule has 2 aromatic heterocycles. The SMILES string of the molecule is CS(=O)(=O)O[C@H]1CC[C@H](Nc2nc(-c3ccccc3)nc3[nH]ccc23)CC1. The predicted molar refractivity (Wildman–Crippen MR) is 105 cm³/mol. The van der Waals surface area contributed by atoms with Gasteiger partial charge in [0.25, 0.3) is 10.1 Å². The van der Waals surface area contributed by atoms with Gasteiger partial charge in [0, 0.05) is 17.8 Å². The van der Waals surface area contributed by atoms with Gasteiger partial charge in [-0.05, 0) is 31.7 Å². The van der Waals surface area contributed by atoms with E-state index >= 15 is 0 Å². The fraction of sp³-hybridized carbons (Fsp3) is 0.368. The maximum absolute atomic E-state index is 11.3. The van der Waals surface area contributed by atoms with Crippen molar-refractivity contribution in [1.29, 1.82) is 0 Å². The number of benzene rings is 1. The van der Waals surface area contributed by atoms with E-state index in [2.05, 4.69) is 15.3 Å². The minimum atomic E-state index is -3.40. The molecule has 27 heavy (non-hydrogen) atoms. The summed E-state index contributed by atoms with van der Waals surface area (Å²) in [4.78, 5) is 12.5. The predicted octanol–water partition coefficient (Wildman–Crippen LogP) is 3.32. The van der Waals surface area contributed by atoms with Gasteiger partial charge in [-0.1, -0.05) is 30.3 Å². The molecule has 1 aliphatic rings. The molecule has 7 nitrogen and oxygen atoms in total. The van der Waals surface area contributed by atoms with Crippen molar-refractivity contribution in [2.24, 2.45) is 0 Å². The summed E-state index contributed by atoms with van der Waals surface area (Å²) in [7, 11) is -3.40. The molecule has 0 bridgehead atoms. The second kappa shape index (κ2) is 7.28. The summed E-state index contributed by atoms with van der Waals surface area (Å²) in [5, 5.41) is 4.48. The van der Waals surface area contributed by atoms with Crippen LogP contribution < -0.4 is 5.32 Å². The minimum absolute atomic E-state index is 0.223. The van der Waals surface area contributed by atoms with E-state index in [-0.39, 0.29) is 12.1 Å². The lowest BCUT2D eigenvalue weighted by Crippen LogP contribution is -2.31. The number of aromatic nitrogens is 3. The molecule has 0 unspecified atom stereocenters. The normalized spacial score (nSPS) is 20.6. The topological polar surface area (TPSA) is 97.0 Å². The Balaban J connectivity index is 1.53. The average molecular weight is 386 g/mol. The molecular formula is C19H22N4O3S. The van der Waals surface area contributed by atoms with Crippen LogP contribution in [0.25, 0.3) is 22.4 Å². The highest BCUT2D eigenvalue weighted by atomic mass is 32.2. The van der Waals surface area contributed by atoms with Crippen LogP contribution in [0.2, 0.25) is 0 Å². The summed E-state index contributed by atoms with van der Waals surface area (Å²) in [5.41, 5.74) is 1.75. The number of hydrogen-bond acceptors (Lipinski definition) is 6. The number of anilines is 1. The molecule has 2 heterocycles. The van der Waals surface area contributed by atoms with Gasteiger partial charge in [0.1, 0.15) is 11.5 Å². The van der Waals surface area contributed by atoms with Crippen molar-refractivity contribution < 1.29 is 12.6 Å². The quantitative estimate of drug-likeness (QED) is 0.653. The second-order valence-corrected chi connectivity index (χ2v) is 8.52. The first-order valence-electron chi connectivity index (χ1n) is 9.03. The summed E-state index contributed by atoms with van der Waals surface area (Å²) < 4.78 is 27.7. The molecule has 142 valence electrons. The Morgan fingerprint density at radius 3 is 2.52 bits per heavy atom. The fourth-order valence-corrected chi connectivity index (χ4v) is 4.20. The first-order chi connectivity index (χ1) is 13.0.